The summed E-state index contributed by atoms with van der Waals surface area (Å²) >= 11 is 11.4. The fraction of sp³-hybridized carbons (Fsp3) is 0.133. The first-order valence-electron chi connectivity index (χ1n) is 5.70. The number of benzene rings is 2. The van der Waals surface area contributed by atoms with Crippen LogP contribution in [0, 0.1) is 12.7 Å². The molecule has 0 aromatic heterocycles. The lowest BCUT2D eigenvalue weighted by atomic mass is 9.99. The molecule has 0 N–H and O–H groups in total. The highest BCUT2D eigenvalue weighted by Crippen LogP contribution is 2.19. The van der Waals surface area contributed by atoms with E-state index in [1.807, 2.05) is 6.92 Å². The lowest BCUT2D eigenvalue weighted by molar-refractivity contribution is 0.0992. The summed E-state index contributed by atoms with van der Waals surface area (Å²) in [6.45, 7) is 1.82. The van der Waals surface area contributed by atoms with Gasteiger partial charge in [-0.05, 0) is 48.4 Å². The normalized spacial score (nSPS) is 10.5. The third kappa shape index (κ3) is 3.34. The van der Waals surface area contributed by atoms with Crippen LogP contribution in [-0.2, 0) is 6.42 Å². The summed E-state index contributed by atoms with van der Waals surface area (Å²) in [5.41, 5.74) is 2.01. The van der Waals surface area contributed by atoms with Crippen molar-refractivity contribution in [3.63, 3.8) is 0 Å². The summed E-state index contributed by atoms with van der Waals surface area (Å²) in [5, 5.41) is 0.644. The second-order valence-electron chi connectivity index (χ2n) is 4.31. The Kier molecular flexibility index (Phi) is 4.23. The molecule has 0 spiro atoms. The van der Waals surface area contributed by atoms with E-state index >= 15 is 0 Å². The molecule has 2 aromatic carbocycles. The van der Waals surface area contributed by atoms with Crippen LogP contribution in [0.4, 0.5) is 4.39 Å². The van der Waals surface area contributed by atoms with E-state index in [4.69, 9.17) is 23.2 Å². The third-order valence-corrected chi connectivity index (χ3v) is 3.38. The van der Waals surface area contributed by atoms with Crippen molar-refractivity contribution in [3.8, 4) is 0 Å². The minimum atomic E-state index is -0.514. The zero-order valence-corrected chi connectivity index (χ0v) is 11.7. The largest absolute Gasteiger partial charge is 0.294 e. The average Bonchev–Trinajstić information content (AvgIpc) is 2.33. The SMILES string of the molecule is Cc1cc(Cl)ccc1C(=O)Cc1ccc(Cl)c(F)c1. The Hall–Kier alpha value is -1.38. The lowest BCUT2D eigenvalue weighted by Crippen LogP contribution is -2.05. The van der Waals surface area contributed by atoms with Crippen molar-refractivity contribution in [2.24, 2.45) is 0 Å². The van der Waals surface area contributed by atoms with Gasteiger partial charge >= 0.3 is 0 Å². The lowest BCUT2D eigenvalue weighted by Gasteiger charge is -2.06. The molecule has 0 aliphatic carbocycles. The highest BCUT2D eigenvalue weighted by atomic mass is 35.5. The molecule has 0 unspecified atom stereocenters. The Bertz CT molecular complexity index is 638. The van der Waals surface area contributed by atoms with Gasteiger partial charge in [0.1, 0.15) is 5.82 Å². The van der Waals surface area contributed by atoms with Gasteiger partial charge in [0.05, 0.1) is 5.02 Å². The quantitative estimate of drug-likeness (QED) is 0.739. The maximum Gasteiger partial charge on any atom is 0.167 e. The van der Waals surface area contributed by atoms with Crippen LogP contribution in [0.3, 0.4) is 0 Å². The summed E-state index contributed by atoms with van der Waals surface area (Å²) in [6.07, 6.45) is 0.135. The highest BCUT2D eigenvalue weighted by Gasteiger charge is 2.11. The number of hydrogen-bond acceptors (Lipinski definition) is 1. The van der Waals surface area contributed by atoms with E-state index in [9.17, 15) is 9.18 Å². The van der Waals surface area contributed by atoms with Crippen LogP contribution >= 0.6 is 23.2 Å². The van der Waals surface area contributed by atoms with Crippen molar-refractivity contribution in [1.29, 1.82) is 0 Å². The number of Topliss-reactive ketones (excluding diaryl/α,β-unsaturated/α-hetero) is 1. The average molecular weight is 297 g/mol. The Morgan fingerprint density at radius 2 is 1.89 bits per heavy atom. The van der Waals surface area contributed by atoms with Crippen molar-refractivity contribution in [1.82, 2.24) is 0 Å². The molecule has 4 heteroatoms. The number of rotatable bonds is 3. The van der Waals surface area contributed by atoms with Gasteiger partial charge in [0.2, 0.25) is 0 Å². The van der Waals surface area contributed by atoms with Gasteiger partial charge in [-0.1, -0.05) is 29.3 Å². The molecule has 0 radical (unpaired) electrons. The molecule has 19 heavy (non-hydrogen) atoms. The van der Waals surface area contributed by atoms with Gasteiger partial charge in [0, 0.05) is 17.0 Å². The van der Waals surface area contributed by atoms with Gasteiger partial charge in [0.25, 0.3) is 0 Å². The van der Waals surface area contributed by atoms with Crippen molar-refractivity contribution in [2.45, 2.75) is 13.3 Å². The topological polar surface area (TPSA) is 17.1 Å². The Morgan fingerprint density at radius 3 is 2.53 bits per heavy atom. The summed E-state index contributed by atoms with van der Waals surface area (Å²) in [5.74, 6) is -0.587. The van der Waals surface area contributed by atoms with Crippen molar-refractivity contribution < 1.29 is 9.18 Å². The van der Waals surface area contributed by atoms with Crippen LogP contribution in [0.1, 0.15) is 21.5 Å². The summed E-state index contributed by atoms with van der Waals surface area (Å²) < 4.78 is 13.3. The maximum absolute atomic E-state index is 13.3. The molecular formula is C15H11Cl2FO. The molecule has 98 valence electrons. The molecule has 2 aromatic rings. The molecule has 0 saturated carbocycles. The minimum absolute atomic E-state index is 0.0545. The fourth-order valence-electron chi connectivity index (χ4n) is 1.87. The predicted molar refractivity (Wildman–Crippen MR) is 75.6 cm³/mol. The van der Waals surface area contributed by atoms with E-state index in [2.05, 4.69) is 0 Å². The van der Waals surface area contributed by atoms with E-state index in [1.54, 1.807) is 24.3 Å². The second-order valence-corrected chi connectivity index (χ2v) is 5.15. The van der Waals surface area contributed by atoms with Gasteiger partial charge < -0.3 is 0 Å². The van der Waals surface area contributed by atoms with Gasteiger partial charge in [-0.15, -0.1) is 0 Å². The van der Waals surface area contributed by atoms with E-state index in [-0.39, 0.29) is 17.2 Å². The van der Waals surface area contributed by atoms with Crippen LogP contribution < -0.4 is 0 Å². The molecule has 2 rings (SSSR count). The van der Waals surface area contributed by atoms with Crippen molar-refractivity contribution in [2.75, 3.05) is 0 Å². The molecule has 0 saturated heterocycles. The first-order valence-corrected chi connectivity index (χ1v) is 6.46. The third-order valence-electron chi connectivity index (χ3n) is 2.84. The first-order chi connectivity index (χ1) is 8.97. The Morgan fingerprint density at radius 1 is 1.16 bits per heavy atom. The zero-order chi connectivity index (χ0) is 14.0. The van der Waals surface area contributed by atoms with Gasteiger partial charge in [-0.2, -0.15) is 0 Å². The summed E-state index contributed by atoms with van der Waals surface area (Å²) in [6, 6.07) is 9.47. The first kappa shape index (κ1) is 14.0. The van der Waals surface area contributed by atoms with E-state index < -0.39 is 5.82 Å². The van der Waals surface area contributed by atoms with Crippen molar-refractivity contribution in [3.05, 3.63) is 69.0 Å². The number of aryl methyl sites for hydroxylation is 1. The Labute approximate surface area is 121 Å². The Balaban J connectivity index is 2.23. The monoisotopic (exact) mass is 296 g/mol. The molecule has 0 aliphatic heterocycles. The molecule has 0 bridgehead atoms. The van der Waals surface area contributed by atoms with Crippen LogP contribution in [0.15, 0.2) is 36.4 Å². The van der Waals surface area contributed by atoms with Crippen LogP contribution in [0.2, 0.25) is 10.0 Å². The summed E-state index contributed by atoms with van der Waals surface area (Å²) in [7, 11) is 0. The number of carbonyl (C=O) groups is 1. The molecule has 1 nitrogen and oxygen atoms in total. The fourth-order valence-corrected chi connectivity index (χ4v) is 2.21. The van der Waals surface area contributed by atoms with Gasteiger partial charge in [-0.3, -0.25) is 4.79 Å². The second kappa shape index (κ2) is 5.72. The number of ketones is 1. The smallest absolute Gasteiger partial charge is 0.167 e. The predicted octanol–water partition coefficient (Wildman–Crippen LogP) is 4.87. The molecule has 0 heterocycles. The van der Waals surface area contributed by atoms with Gasteiger partial charge in [0.15, 0.2) is 5.78 Å². The van der Waals surface area contributed by atoms with E-state index in [0.29, 0.717) is 16.1 Å². The molecule has 0 aliphatic rings. The van der Waals surface area contributed by atoms with Gasteiger partial charge in [-0.25, -0.2) is 4.39 Å². The minimum Gasteiger partial charge on any atom is -0.294 e. The number of halogens is 3. The number of hydrogen-bond donors (Lipinski definition) is 0. The summed E-state index contributed by atoms with van der Waals surface area (Å²) in [4.78, 5) is 12.1. The highest BCUT2D eigenvalue weighted by molar-refractivity contribution is 6.31. The van der Waals surface area contributed by atoms with E-state index in [0.717, 1.165) is 5.56 Å². The molecule has 0 atom stereocenters. The maximum atomic E-state index is 13.3. The van der Waals surface area contributed by atoms with E-state index in [1.165, 1.54) is 12.1 Å². The van der Waals surface area contributed by atoms with Crippen LogP contribution in [0.5, 0.6) is 0 Å². The standard InChI is InChI=1S/C15H11Cl2FO/c1-9-6-11(16)3-4-12(9)15(19)8-10-2-5-13(17)14(18)7-10/h2-7H,8H2,1H3. The molecular weight excluding hydrogens is 286 g/mol. The molecule has 0 fully saturated rings. The van der Waals surface area contributed by atoms with Crippen LogP contribution in [0.25, 0.3) is 0 Å². The number of carbonyl (C=O) groups excluding carboxylic acids is 1. The van der Waals surface area contributed by atoms with Crippen LogP contribution in [-0.4, -0.2) is 5.78 Å². The molecule has 0 amide bonds. The van der Waals surface area contributed by atoms with Crippen molar-refractivity contribution >= 4 is 29.0 Å². The zero-order valence-electron chi connectivity index (χ0n) is 10.2.